The molecule has 0 atom stereocenters. The van der Waals surface area contributed by atoms with Gasteiger partial charge in [-0.1, -0.05) is 238 Å². The maximum Gasteiger partial charge on any atom is 2.00 e. The summed E-state index contributed by atoms with van der Waals surface area (Å²) in [4.78, 5) is 0. The number of aryl methyl sites for hydroxylation is 2. The second-order valence-electron chi connectivity index (χ2n) is 19.2. The molecule has 1 aliphatic rings. The van der Waals surface area contributed by atoms with Crippen molar-refractivity contribution >= 4 is 11.4 Å². The third kappa shape index (κ3) is 29.6. The van der Waals surface area contributed by atoms with Gasteiger partial charge >= 0.3 is 16.5 Å². The Hall–Kier alpha value is -2.25. The summed E-state index contributed by atoms with van der Waals surface area (Å²) in [6, 6.07) is 17.9. The molecule has 0 N–H and O–H groups in total. The summed E-state index contributed by atoms with van der Waals surface area (Å²) in [5, 5.41) is 0. The zero-order chi connectivity index (χ0) is 47.4. The molecule has 2 nitrogen and oxygen atoms in total. The number of rotatable bonds is 38. The standard InChI is InChI=1S/C45H68N2.2C9H19.Ni/c1-5-9-13-15-17-18-19-20-21-22-24-31-39-32-26-27-35-41(39)45-43(34-12-8-4)42(36-25-23-16-14-10-6-2)44(47(45)46)40-33-28-30-38(37-40)29-11-7-3;2*1-3-5-7-9-8-6-4-2;/h20-21,26-28,30,32-33,35,37H,5-19,22-25,29,31,34,36H2,1-4H3;2*1,3-9H2,2H3;/q;2*-1;+2. The van der Waals surface area contributed by atoms with Crippen molar-refractivity contribution < 1.29 is 21.2 Å². The van der Waals surface area contributed by atoms with Crippen molar-refractivity contribution in [3.63, 3.8) is 0 Å². The van der Waals surface area contributed by atoms with E-state index >= 15 is 0 Å². The average Bonchev–Trinajstić information content (AvgIpc) is 3.60. The van der Waals surface area contributed by atoms with E-state index in [4.69, 9.17) is 0 Å². The molecule has 0 fully saturated rings. The molecule has 0 saturated heterocycles. The van der Waals surface area contributed by atoms with Crippen molar-refractivity contribution in [1.29, 1.82) is 0 Å². The molecule has 0 unspecified atom stereocenters. The Morgan fingerprint density at radius 1 is 0.424 bits per heavy atom. The fraction of sp³-hybridized carbons (Fsp3) is 0.683. The van der Waals surface area contributed by atoms with E-state index in [9.17, 15) is 5.53 Å². The van der Waals surface area contributed by atoms with E-state index in [0.29, 0.717) is 0 Å². The number of unbranched alkanes of at least 4 members (excludes halogenated alkanes) is 26. The van der Waals surface area contributed by atoms with Gasteiger partial charge in [0.25, 0.3) is 0 Å². The van der Waals surface area contributed by atoms with Crippen LogP contribution in [0.25, 0.3) is 16.9 Å². The fourth-order valence-electron chi connectivity index (χ4n) is 9.03. The van der Waals surface area contributed by atoms with E-state index in [0.717, 1.165) is 75.6 Å². The van der Waals surface area contributed by atoms with Crippen LogP contribution in [0.4, 0.5) is 0 Å². The predicted octanol–water partition coefficient (Wildman–Crippen LogP) is 21.9. The van der Waals surface area contributed by atoms with Crippen LogP contribution in [-0.2, 0) is 29.3 Å². The average molecular weight is 950 g/mol. The van der Waals surface area contributed by atoms with Gasteiger partial charge in [-0.25, -0.2) is 4.70 Å². The largest absolute Gasteiger partial charge is 2.00 e. The molecule has 2 aromatic carbocycles. The number of benzene rings is 2. The molecule has 1 aliphatic heterocycles. The molecule has 0 radical (unpaired) electrons. The van der Waals surface area contributed by atoms with Crippen molar-refractivity contribution in [3.05, 3.63) is 113 Å². The fourth-order valence-corrected chi connectivity index (χ4v) is 9.03. The normalized spacial score (nSPS) is 12.4. The van der Waals surface area contributed by atoms with E-state index in [1.807, 2.05) is 0 Å². The van der Waals surface area contributed by atoms with Crippen LogP contribution in [0.1, 0.15) is 289 Å². The summed E-state index contributed by atoms with van der Waals surface area (Å²) >= 11 is 0. The van der Waals surface area contributed by atoms with Crippen LogP contribution in [0, 0.1) is 13.8 Å². The monoisotopic (exact) mass is 949 g/mol. The first kappa shape index (κ1) is 63.8. The molecule has 3 heteroatoms. The molecule has 0 aromatic heterocycles. The first-order chi connectivity index (χ1) is 32.0. The van der Waals surface area contributed by atoms with Gasteiger partial charge in [-0.05, 0) is 100.0 Å². The van der Waals surface area contributed by atoms with Gasteiger partial charge in [0.15, 0.2) is 0 Å². The van der Waals surface area contributed by atoms with Crippen molar-refractivity contribution in [2.45, 2.75) is 279 Å². The summed E-state index contributed by atoms with van der Waals surface area (Å²) in [6.45, 7) is 21.2. The van der Waals surface area contributed by atoms with Crippen LogP contribution in [0.2, 0.25) is 0 Å². The Balaban J connectivity index is 0.00000186. The Labute approximate surface area is 423 Å². The molecular formula is C63H106N2Ni. The Bertz CT molecular complexity index is 1490. The molecule has 0 aliphatic carbocycles. The third-order valence-electron chi connectivity index (χ3n) is 13.1. The molecular weight excluding hydrogens is 843 g/mol. The van der Waals surface area contributed by atoms with Crippen molar-refractivity contribution in [2.24, 2.45) is 0 Å². The molecule has 0 bridgehead atoms. The van der Waals surface area contributed by atoms with E-state index < -0.39 is 0 Å². The van der Waals surface area contributed by atoms with E-state index in [-0.39, 0.29) is 16.5 Å². The summed E-state index contributed by atoms with van der Waals surface area (Å²) in [5.74, 6) is 0. The van der Waals surface area contributed by atoms with Crippen LogP contribution >= 0.6 is 0 Å². The van der Waals surface area contributed by atoms with Crippen LogP contribution in [-0.4, -0.2) is 4.70 Å². The van der Waals surface area contributed by atoms with Crippen LogP contribution in [0.5, 0.6) is 0 Å². The first-order valence-corrected chi connectivity index (χ1v) is 28.4. The van der Waals surface area contributed by atoms with Gasteiger partial charge in [0.05, 0.1) is 0 Å². The number of hydrogen-bond acceptors (Lipinski definition) is 0. The Morgan fingerprint density at radius 2 is 0.864 bits per heavy atom. The Morgan fingerprint density at radius 3 is 1.41 bits per heavy atom. The SMILES string of the molecule is CCCCCCCCC=CCCCc1ccccc1C1=C(CCCC)C(CCCCCCCC)=C(c2cccc(CCCC)c2)[N+]1=[N-].[CH2-]CCCCCCCC.[CH2-]CCCCCCCC.[Ni+2]. The van der Waals surface area contributed by atoms with Gasteiger partial charge in [-0.15, -0.1) is 0 Å². The summed E-state index contributed by atoms with van der Waals surface area (Å²) < 4.78 is 1.61. The molecule has 0 spiro atoms. The van der Waals surface area contributed by atoms with Gasteiger partial charge in [0, 0.05) is 22.3 Å². The summed E-state index contributed by atoms with van der Waals surface area (Å²) in [7, 11) is 0. The van der Waals surface area contributed by atoms with E-state index in [2.05, 4.69) is 116 Å². The topological polar surface area (TPSA) is 25.3 Å². The quantitative estimate of drug-likeness (QED) is 0.0211. The zero-order valence-electron chi connectivity index (χ0n) is 44.6. The number of allylic oxidation sites excluding steroid dienone is 4. The molecule has 1 heterocycles. The minimum Gasteiger partial charge on any atom is -0.493 e. The molecule has 2 aromatic rings. The van der Waals surface area contributed by atoms with Gasteiger partial charge in [-0.2, -0.15) is 12.8 Å². The zero-order valence-corrected chi connectivity index (χ0v) is 45.5. The third-order valence-corrected chi connectivity index (χ3v) is 13.1. The molecule has 0 saturated carbocycles. The van der Waals surface area contributed by atoms with Crippen LogP contribution in [0.15, 0.2) is 71.8 Å². The van der Waals surface area contributed by atoms with Gasteiger partial charge < -0.3 is 19.4 Å². The summed E-state index contributed by atoms with van der Waals surface area (Å²) in [6.07, 6.45) is 51.9. The van der Waals surface area contributed by atoms with Gasteiger partial charge in [0.1, 0.15) is 0 Å². The van der Waals surface area contributed by atoms with Gasteiger partial charge in [-0.3, -0.25) is 0 Å². The van der Waals surface area contributed by atoms with E-state index in [1.54, 1.807) is 4.70 Å². The minimum absolute atomic E-state index is 0. The molecule has 378 valence electrons. The molecule has 3 rings (SSSR count). The number of hydrogen-bond donors (Lipinski definition) is 0. The second-order valence-corrected chi connectivity index (χ2v) is 19.2. The van der Waals surface area contributed by atoms with E-state index in [1.165, 1.54) is 207 Å². The van der Waals surface area contributed by atoms with Crippen LogP contribution in [0.3, 0.4) is 0 Å². The molecule has 66 heavy (non-hydrogen) atoms. The van der Waals surface area contributed by atoms with Crippen LogP contribution < -0.4 is 0 Å². The second kappa shape index (κ2) is 46.5. The summed E-state index contributed by atoms with van der Waals surface area (Å²) in [5.41, 5.74) is 22.2. The van der Waals surface area contributed by atoms with Gasteiger partial charge in [0.2, 0.25) is 11.4 Å². The molecule has 0 amide bonds. The smallest absolute Gasteiger partial charge is 0.493 e. The number of nitrogens with zero attached hydrogens (tertiary/aromatic N) is 2. The van der Waals surface area contributed by atoms with Crippen molar-refractivity contribution in [2.75, 3.05) is 0 Å². The maximum atomic E-state index is 12.2. The first-order valence-electron chi connectivity index (χ1n) is 28.4. The van der Waals surface area contributed by atoms with Crippen molar-refractivity contribution in [3.8, 4) is 0 Å². The maximum absolute atomic E-state index is 12.2. The van der Waals surface area contributed by atoms with Crippen molar-refractivity contribution in [1.82, 2.24) is 0 Å². The minimum atomic E-state index is 0. The predicted molar refractivity (Wildman–Crippen MR) is 293 cm³/mol. The Kier molecular flexibility index (Phi) is 44.9.